The first-order valence-electron chi connectivity index (χ1n) is 9.86. The van der Waals surface area contributed by atoms with Crippen LogP contribution < -0.4 is 16.0 Å². The normalized spacial score (nSPS) is 22.6. The molecule has 2 rings (SSSR count). The van der Waals surface area contributed by atoms with Crippen LogP contribution in [0.15, 0.2) is 0 Å². The van der Waals surface area contributed by atoms with E-state index in [1.54, 1.807) is 0 Å². The smallest absolute Gasteiger partial charge is 0.328 e. The number of carboxylic acid groups (broad SMARTS) is 1. The molecular weight excluding hydrogens is 368 g/mol. The number of aliphatic carboxylic acids is 1. The van der Waals surface area contributed by atoms with Crippen LogP contribution in [0, 0.1) is 5.41 Å². The van der Waals surface area contributed by atoms with Gasteiger partial charge in [0.2, 0.25) is 11.8 Å². The van der Waals surface area contributed by atoms with Crippen molar-refractivity contribution >= 4 is 23.8 Å². The average Bonchev–Trinajstić information content (AvgIpc) is 2.63. The summed E-state index contributed by atoms with van der Waals surface area (Å²) in [4.78, 5) is 49.8. The maximum atomic E-state index is 12.9. The van der Waals surface area contributed by atoms with Crippen LogP contribution in [0.25, 0.3) is 0 Å². The van der Waals surface area contributed by atoms with Gasteiger partial charge in [-0.15, -0.1) is 0 Å². The van der Waals surface area contributed by atoms with Gasteiger partial charge in [-0.2, -0.15) is 0 Å². The van der Waals surface area contributed by atoms with Gasteiger partial charge in [0.25, 0.3) is 0 Å². The van der Waals surface area contributed by atoms with E-state index in [0.29, 0.717) is 39.0 Å². The van der Waals surface area contributed by atoms with Crippen LogP contribution in [-0.2, 0) is 14.4 Å². The van der Waals surface area contributed by atoms with Crippen molar-refractivity contribution in [2.75, 3.05) is 32.8 Å². The number of carboxylic acids is 1. The van der Waals surface area contributed by atoms with Gasteiger partial charge < -0.3 is 15.5 Å². The van der Waals surface area contributed by atoms with Crippen molar-refractivity contribution in [3.05, 3.63) is 0 Å². The van der Waals surface area contributed by atoms with Crippen LogP contribution in [-0.4, -0.2) is 77.8 Å². The first kappa shape index (κ1) is 22.3. The number of urea groups is 1. The SMILES string of the molecule is O=C(O)CCCCCCCC1(C2CNCCN2CCO)C(=O)NC(=O)NC1=O. The Hall–Kier alpha value is -2.04. The average molecular weight is 398 g/mol. The van der Waals surface area contributed by atoms with Crippen molar-refractivity contribution in [3.63, 3.8) is 0 Å². The summed E-state index contributed by atoms with van der Waals surface area (Å²) in [5.41, 5.74) is -1.41. The zero-order valence-corrected chi connectivity index (χ0v) is 16.0. The molecule has 28 heavy (non-hydrogen) atoms. The molecule has 10 nitrogen and oxygen atoms in total. The zero-order valence-electron chi connectivity index (χ0n) is 16.0. The summed E-state index contributed by atoms with van der Waals surface area (Å²) in [7, 11) is 0. The Morgan fingerprint density at radius 1 is 1.07 bits per heavy atom. The molecule has 0 saturated carbocycles. The van der Waals surface area contributed by atoms with Crippen molar-refractivity contribution in [3.8, 4) is 0 Å². The summed E-state index contributed by atoms with van der Waals surface area (Å²) in [6.45, 7) is 1.96. The quantitative estimate of drug-likeness (QED) is 0.229. The number of amides is 4. The van der Waals surface area contributed by atoms with Crippen molar-refractivity contribution < 1.29 is 29.4 Å². The van der Waals surface area contributed by atoms with Gasteiger partial charge in [0.05, 0.1) is 6.61 Å². The fourth-order valence-electron chi connectivity index (χ4n) is 4.10. The number of aliphatic hydroxyl groups excluding tert-OH is 1. The molecule has 1 atom stereocenters. The van der Waals surface area contributed by atoms with Crippen LogP contribution in [0.3, 0.4) is 0 Å². The van der Waals surface area contributed by atoms with E-state index in [1.807, 2.05) is 4.90 Å². The van der Waals surface area contributed by atoms with Gasteiger partial charge in [0, 0.05) is 38.6 Å². The first-order chi connectivity index (χ1) is 13.4. The minimum atomic E-state index is -1.41. The molecule has 1 unspecified atom stereocenters. The van der Waals surface area contributed by atoms with E-state index < -0.39 is 35.3 Å². The second kappa shape index (κ2) is 10.5. The fourth-order valence-corrected chi connectivity index (χ4v) is 4.10. The third-order valence-electron chi connectivity index (χ3n) is 5.54. The van der Waals surface area contributed by atoms with E-state index in [-0.39, 0.29) is 19.4 Å². The number of hydrogen-bond donors (Lipinski definition) is 5. The van der Waals surface area contributed by atoms with Gasteiger partial charge in [0.15, 0.2) is 0 Å². The Morgan fingerprint density at radius 2 is 1.71 bits per heavy atom. The van der Waals surface area contributed by atoms with Gasteiger partial charge in [-0.05, 0) is 12.8 Å². The third kappa shape index (κ3) is 5.27. The molecule has 0 spiro atoms. The predicted octanol–water partition coefficient (Wildman–Crippen LogP) is -0.580. The lowest BCUT2D eigenvalue weighted by Gasteiger charge is -2.47. The second-order valence-electron chi connectivity index (χ2n) is 7.35. The summed E-state index contributed by atoms with van der Waals surface area (Å²) in [5, 5.41) is 25.7. The number of aliphatic hydroxyl groups is 1. The number of β-amino-alcohol motifs (C(OH)–C–C–N with tert-alkyl or cyclic N) is 1. The van der Waals surface area contributed by atoms with Gasteiger partial charge >= 0.3 is 12.0 Å². The van der Waals surface area contributed by atoms with E-state index >= 15 is 0 Å². The third-order valence-corrected chi connectivity index (χ3v) is 5.54. The lowest BCUT2D eigenvalue weighted by Crippen LogP contribution is -2.72. The monoisotopic (exact) mass is 398 g/mol. The molecule has 2 heterocycles. The molecule has 10 heteroatoms. The van der Waals surface area contributed by atoms with E-state index in [2.05, 4.69) is 16.0 Å². The zero-order chi connectivity index (χ0) is 20.6. The molecule has 2 aliphatic rings. The van der Waals surface area contributed by atoms with E-state index in [9.17, 15) is 24.3 Å². The number of carbonyl (C=O) groups excluding carboxylic acids is 3. The van der Waals surface area contributed by atoms with E-state index in [4.69, 9.17) is 5.11 Å². The molecule has 0 bridgehead atoms. The number of hydrogen-bond acceptors (Lipinski definition) is 7. The Kier molecular flexibility index (Phi) is 8.34. The second-order valence-corrected chi connectivity index (χ2v) is 7.35. The number of unbranched alkanes of at least 4 members (excludes halogenated alkanes) is 4. The number of piperazine rings is 1. The Bertz CT molecular complexity index is 575. The molecule has 0 aromatic heterocycles. The molecule has 2 saturated heterocycles. The number of nitrogens with zero attached hydrogens (tertiary/aromatic N) is 1. The largest absolute Gasteiger partial charge is 0.481 e. The number of rotatable bonds is 11. The highest BCUT2D eigenvalue weighted by molar-refractivity contribution is 6.19. The predicted molar refractivity (Wildman–Crippen MR) is 99.4 cm³/mol. The van der Waals surface area contributed by atoms with Crippen LogP contribution in [0.5, 0.6) is 0 Å². The van der Waals surface area contributed by atoms with Crippen LogP contribution in [0.1, 0.15) is 44.9 Å². The van der Waals surface area contributed by atoms with Crippen LogP contribution >= 0.6 is 0 Å². The minimum Gasteiger partial charge on any atom is -0.481 e. The molecule has 0 aromatic rings. The minimum absolute atomic E-state index is 0.0850. The standard InChI is InChI=1S/C18H30N4O6/c23-11-10-22-9-8-19-12-13(22)18(15(26)20-17(28)21-16(18)27)7-5-3-1-2-4-6-14(24)25/h13,19,23H,1-12H2,(H,24,25)(H2,20,21,26,27,28). The highest BCUT2D eigenvalue weighted by atomic mass is 16.4. The topological polar surface area (TPSA) is 148 Å². The number of carbonyl (C=O) groups is 4. The summed E-state index contributed by atoms with van der Waals surface area (Å²) in [6, 6.07) is -1.27. The Balaban J connectivity index is 2.07. The maximum Gasteiger partial charge on any atom is 0.328 e. The van der Waals surface area contributed by atoms with Crippen LogP contribution in [0.2, 0.25) is 0 Å². The molecule has 0 aliphatic carbocycles. The number of imide groups is 2. The number of barbiturate groups is 1. The van der Waals surface area contributed by atoms with Crippen LogP contribution in [0.4, 0.5) is 4.79 Å². The Labute approximate surface area is 164 Å². The highest BCUT2D eigenvalue weighted by Crippen LogP contribution is 2.36. The van der Waals surface area contributed by atoms with Crippen molar-refractivity contribution in [2.24, 2.45) is 5.41 Å². The fraction of sp³-hybridized carbons (Fsp3) is 0.778. The lowest BCUT2D eigenvalue weighted by molar-refractivity contribution is -0.151. The maximum absolute atomic E-state index is 12.9. The first-order valence-corrected chi connectivity index (χ1v) is 9.86. The van der Waals surface area contributed by atoms with E-state index in [1.165, 1.54) is 0 Å². The molecular formula is C18H30N4O6. The highest BCUT2D eigenvalue weighted by Gasteiger charge is 2.56. The van der Waals surface area contributed by atoms with Gasteiger partial charge in [0.1, 0.15) is 5.41 Å². The summed E-state index contributed by atoms with van der Waals surface area (Å²) in [6.07, 6.45) is 3.98. The van der Waals surface area contributed by atoms with Gasteiger partial charge in [-0.25, -0.2) is 4.79 Å². The van der Waals surface area contributed by atoms with Crippen molar-refractivity contribution in [1.29, 1.82) is 0 Å². The molecule has 158 valence electrons. The molecule has 5 N–H and O–H groups in total. The molecule has 2 aliphatic heterocycles. The summed E-state index contributed by atoms with van der Waals surface area (Å²) < 4.78 is 0. The summed E-state index contributed by atoms with van der Waals surface area (Å²) >= 11 is 0. The lowest BCUT2D eigenvalue weighted by atomic mass is 9.71. The molecule has 2 fully saturated rings. The van der Waals surface area contributed by atoms with Gasteiger partial charge in [-0.3, -0.25) is 29.9 Å². The molecule has 0 aromatic carbocycles. The summed E-state index contributed by atoms with van der Waals surface area (Å²) in [5.74, 6) is -2.00. The molecule has 0 radical (unpaired) electrons. The van der Waals surface area contributed by atoms with E-state index in [0.717, 1.165) is 19.3 Å². The number of nitrogens with one attached hydrogen (secondary N) is 3. The van der Waals surface area contributed by atoms with Crippen molar-refractivity contribution in [2.45, 2.75) is 51.0 Å². The van der Waals surface area contributed by atoms with Crippen molar-refractivity contribution in [1.82, 2.24) is 20.9 Å². The Morgan fingerprint density at radius 3 is 2.36 bits per heavy atom. The van der Waals surface area contributed by atoms with Gasteiger partial charge in [-0.1, -0.05) is 25.7 Å². The molecule has 4 amide bonds.